The summed E-state index contributed by atoms with van der Waals surface area (Å²) in [6, 6.07) is 5.18. The molecule has 0 saturated heterocycles. The number of nitrogens with one attached hydrogen (secondary N) is 1. The molecule has 0 aliphatic carbocycles. The Morgan fingerprint density at radius 2 is 1.79 bits per heavy atom. The zero-order chi connectivity index (χ0) is 13.9. The number of benzene rings is 1. The van der Waals surface area contributed by atoms with E-state index in [1.54, 1.807) is 12.1 Å². The fourth-order valence-electron chi connectivity index (χ4n) is 1.89. The summed E-state index contributed by atoms with van der Waals surface area (Å²) in [4.78, 5) is 12.1. The molecule has 0 saturated carbocycles. The summed E-state index contributed by atoms with van der Waals surface area (Å²) in [5.74, 6) is -0.452. The van der Waals surface area contributed by atoms with Crippen LogP contribution in [-0.2, 0) is 18.0 Å². The van der Waals surface area contributed by atoms with Gasteiger partial charge in [-0.15, -0.1) is 0 Å². The molecule has 6 heteroatoms. The third kappa shape index (κ3) is 2.76. The third-order valence-corrected chi connectivity index (χ3v) is 3.27. The second-order valence-electron chi connectivity index (χ2n) is 4.69. The van der Waals surface area contributed by atoms with Gasteiger partial charge in [0, 0.05) is 5.56 Å². The minimum absolute atomic E-state index is 0.406. The van der Waals surface area contributed by atoms with Crippen molar-refractivity contribution in [1.82, 2.24) is 5.32 Å². The van der Waals surface area contributed by atoms with Gasteiger partial charge in [0.25, 0.3) is 5.91 Å². The summed E-state index contributed by atoms with van der Waals surface area (Å²) >= 11 is 0. The number of aliphatic hydroxyl groups is 3. The van der Waals surface area contributed by atoms with Crippen molar-refractivity contribution < 1.29 is 24.9 Å². The molecule has 1 heterocycles. The van der Waals surface area contributed by atoms with E-state index in [-0.39, 0.29) is 0 Å². The van der Waals surface area contributed by atoms with Crippen molar-refractivity contribution in [2.75, 3.05) is 19.8 Å². The van der Waals surface area contributed by atoms with Gasteiger partial charge in [0.2, 0.25) is 0 Å². The van der Waals surface area contributed by atoms with Crippen LogP contribution in [0, 0.1) is 0 Å². The van der Waals surface area contributed by atoms with Gasteiger partial charge in [0.05, 0.1) is 33.0 Å². The third-order valence-electron chi connectivity index (χ3n) is 3.27. The van der Waals surface area contributed by atoms with E-state index >= 15 is 0 Å². The van der Waals surface area contributed by atoms with Crippen LogP contribution in [0.25, 0.3) is 0 Å². The number of amides is 1. The van der Waals surface area contributed by atoms with Crippen molar-refractivity contribution in [2.24, 2.45) is 0 Å². The Kier molecular flexibility index (Phi) is 4.16. The lowest BCUT2D eigenvalue weighted by Gasteiger charge is -2.28. The lowest BCUT2D eigenvalue weighted by molar-refractivity contribution is 0.0375. The summed E-state index contributed by atoms with van der Waals surface area (Å²) < 4.78 is 5.26. The number of aliphatic hydroxyl groups excluding tert-OH is 3. The van der Waals surface area contributed by atoms with E-state index in [0.29, 0.717) is 18.8 Å². The number of carbonyl (C=O) groups is 1. The molecule has 0 atom stereocenters. The Hall–Kier alpha value is -1.47. The molecule has 0 radical (unpaired) electrons. The number of carbonyl (C=O) groups excluding carboxylic acids is 1. The molecule has 4 N–H and O–H groups in total. The van der Waals surface area contributed by atoms with Gasteiger partial charge in [0.1, 0.15) is 5.54 Å². The van der Waals surface area contributed by atoms with Gasteiger partial charge in [-0.1, -0.05) is 6.07 Å². The Labute approximate surface area is 110 Å². The van der Waals surface area contributed by atoms with Gasteiger partial charge in [-0.3, -0.25) is 4.79 Å². The van der Waals surface area contributed by atoms with Crippen LogP contribution in [0.15, 0.2) is 18.2 Å². The first-order valence-electron chi connectivity index (χ1n) is 5.99. The van der Waals surface area contributed by atoms with Crippen molar-refractivity contribution in [3.05, 3.63) is 34.9 Å². The van der Waals surface area contributed by atoms with Crippen LogP contribution in [0.1, 0.15) is 21.5 Å². The van der Waals surface area contributed by atoms with Crippen molar-refractivity contribution in [3.8, 4) is 0 Å². The molecule has 0 bridgehead atoms. The Morgan fingerprint density at radius 1 is 1.16 bits per heavy atom. The van der Waals surface area contributed by atoms with Crippen LogP contribution in [0.3, 0.4) is 0 Å². The molecule has 0 aromatic heterocycles. The molecule has 1 amide bonds. The maximum absolute atomic E-state index is 12.1. The summed E-state index contributed by atoms with van der Waals surface area (Å²) in [6.45, 7) is -0.605. The largest absolute Gasteiger partial charge is 0.394 e. The molecule has 0 unspecified atom stereocenters. The summed E-state index contributed by atoms with van der Waals surface area (Å²) in [7, 11) is 0. The molecule has 104 valence electrons. The molecular weight excluding hydrogens is 250 g/mol. The molecule has 1 aromatic rings. The van der Waals surface area contributed by atoms with Gasteiger partial charge in [-0.05, 0) is 23.3 Å². The molecule has 19 heavy (non-hydrogen) atoms. The molecule has 1 aliphatic heterocycles. The van der Waals surface area contributed by atoms with E-state index in [2.05, 4.69) is 5.32 Å². The van der Waals surface area contributed by atoms with E-state index < -0.39 is 31.3 Å². The van der Waals surface area contributed by atoms with Gasteiger partial charge in [0.15, 0.2) is 0 Å². The van der Waals surface area contributed by atoms with Gasteiger partial charge >= 0.3 is 0 Å². The average Bonchev–Trinajstić information content (AvgIpc) is 2.92. The van der Waals surface area contributed by atoms with Gasteiger partial charge < -0.3 is 25.4 Å². The first-order chi connectivity index (χ1) is 9.14. The van der Waals surface area contributed by atoms with Crippen LogP contribution < -0.4 is 5.32 Å². The molecule has 6 nitrogen and oxygen atoms in total. The number of rotatable bonds is 5. The minimum Gasteiger partial charge on any atom is -0.394 e. The van der Waals surface area contributed by atoms with Crippen LogP contribution >= 0.6 is 0 Å². The van der Waals surface area contributed by atoms with E-state index in [9.17, 15) is 20.1 Å². The fourth-order valence-corrected chi connectivity index (χ4v) is 1.89. The fraction of sp³-hybridized carbons (Fsp3) is 0.462. The van der Waals surface area contributed by atoms with Crippen LogP contribution in [-0.4, -0.2) is 46.6 Å². The Bertz CT molecular complexity index is 462. The number of ether oxygens (including phenoxy) is 1. The SMILES string of the molecule is O=C(NC(CO)(CO)CO)c1ccc2c(c1)COC2. The molecular formula is C13H17NO5. The first-order valence-corrected chi connectivity index (χ1v) is 5.99. The highest BCUT2D eigenvalue weighted by Gasteiger charge is 2.30. The quantitative estimate of drug-likeness (QED) is 0.557. The molecule has 2 rings (SSSR count). The molecule has 1 aliphatic rings. The standard InChI is InChI=1S/C13H17NO5/c15-6-13(7-16,8-17)14-12(18)9-1-2-10-4-19-5-11(10)3-9/h1-3,15-17H,4-8H2,(H,14,18). The smallest absolute Gasteiger partial charge is 0.251 e. The van der Waals surface area contributed by atoms with Crippen molar-refractivity contribution in [2.45, 2.75) is 18.8 Å². The average molecular weight is 267 g/mol. The van der Waals surface area contributed by atoms with E-state index in [0.717, 1.165) is 11.1 Å². The highest BCUT2D eigenvalue weighted by Crippen LogP contribution is 2.21. The van der Waals surface area contributed by atoms with E-state index in [1.807, 2.05) is 6.07 Å². The Morgan fingerprint density at radius 3 is 2.42 bits per heavy atom. The van der Waals surface area contributed by atoms with Crippen LogP contribution in [0.4, 0.5) is 0 Å². The normalized spacial score (nSPS) is 14.3. The lowest BCUT2D eigenvalue weighted by Crippen LogP contribution is -2.57. The predicted octanol–water partition coefficient (Wildman–Crippen LogP) is -0.838. The second-order valence-corrected chi connectivity index (χ2v) is 4.69. The molecule has 0 spiro atoms. The molecule has 1 aromatic carbocycles. The van der Waals surface area contributed by atoms with Crippen molar-refractivity contribution in [3.63, 3.8) is 0 Å². The maximum Gasteiger partial charge on any atom is 0.251 e. The number of fused-ring (bicyclic) bond motifs is 1. The van der Waals surface area contributed by atoms with Crippen molar-refractivity contribution >= 4 is 5.91 Å². The predicted molar refractivity (Wildman–Crippen MR) is 66.4 cm³/mol. The first kappa shape index (κ1) is 14.0. The zero-order valence-electron chi connectivity index (χ0n) is 10.4. The number of hydrogen-bond donors (Lipinski definition) is 4. The van der Waals surface area contributed by atoms with Gasteiger partial charge in [-0.25, -0.2) is 0 Å². The monoisotopic (exact) mass is 267 g/mol. The second kappa shape index (κ2) is 5.66. The van der Waals surface area contributed by atoms with E-state index in [1.165, 1.54) is 0 Å². The minimum atomic E-state index is -1.41. The zero-order valence-corrected chi connectivity index (χ0v) is 10.4. The van der Waals surface area contributed by atoms with Crippen molar-refractivity contribution in [1.29, 1.82) is 0 Å². The van der Waals surface area contributed by atoms with Crippen LogP contribution in [0.2, 0.25) is 0 Å². The highest BCUT2D eigenvalue weighted by atomic mass is 16.5. The maximum atomic E-state index is 12.1. The summed E-state index contributed by atoms with van der Waals surface area (Å²) in [5.41, 5.74) is 1.00. The number of hydrogen-bond acceptors (Lipinski definition) is 5. The molecule has 0 fully saturated rings. The van der Waals surface area contributed by atoms with Crippen LogP contribution in [0.5, 0.6) is 0 Å². The van der Waals surface area contributed by atoms with Gasteiger partial charge in [-0.2, -0.15) is 0 Å². The topological polar surface area (TPSA) is 99.0 Å². The summed E-state index contributed by atoms with van der Waals surface area (Å²) in [6.07, 6.45) is 0. The highest BCUT2D eigenvalue weighted by molar-refractivity contribution is 5.95. The lowest BCUT2D eigenvalue weighted by atomic mass is 10.0. The summed E-state index contributed by atoms with van der Waals surface area (Å²) in [5, 5.41) is 30.0. The Balaban J connectivity index is 2.16. The van der Waals surface area contributed by atoms with E-state index in [4.69, 9.17) is 4.74 Å².